The molecule has 3 nitrogen and oxygen atoms in total. The maximum absolute atomic E-state index is 5.64. The average Bonchev–Trinajstić information content (AvgIpc) is 2.16. The van der Waals surface area contributed by atoms with Gasteiger partial charge in [-0.2, -0.15) is 0 Å². The Balaban J connectivity index is 2.91. The predicted molar refractivity (Wildman–Crippen MR) is 72.8 cm³/mol. The zero-order valence-electron chi connectivity index (χ0n) is 10.2. The third-order valence-electron chi connectivity index (χ3n) is 2.24. The Bertz CT molecular complexity index is 339. The Morgan fingerprint density at radius 1 is 1.50 bits per heavy atom. The van der Waals surface area contributed by atoms with E-state index in [1.807, 2.05) is 13.1 Å². The van der Waals surface area contributed by atoms with Crippen molar-refractivity contribution in [1.29, 1.82) is 0 Å². The minimum absolute atomic E-state index is 0.599. The Hall–Kier alpha value is -0.610. The van der Waals surface area contributed by atoms with Crippen molar-refractivity contribution in [1.82, 2.24) is 4.98 Å². The van der Waals surface area contributed by atoms with Gasteiger partial charge in [-0.15, -0.1) is 0 Å². The largest absolute Gasteiger partial charge is 0.354 e. The van der Waals surface area contributed by atoms with E-state index in [2.05, 4.69) is 45.7 Å². The number of aryl methyl sites for hydroxylation is 1. The molecule has 0 fully saturated rings. The van der Waals surface area contributed by atoms with Crippen LogP contribution in [-0.4, -0.2) is 24.6 Å². The highest BCUT2D eigenvalue weighted by atomic mass is 79.9. The number of hydrogen-bond donors (Lipinski definition) is 1. The molecule has 16 heavy (non-hydrogen) atoms. The third kappa shape index (κ3) is 3.76. The highest BCUT2D eigenvalue weighted by Crippen LogP contribution is 2.24. The van der Waals surface area contributed by atoms with Crippen LogP contribution < -0.4 is 10.6 Å². The molecule has 0 atom stereocenters. The molecule has 0 amide bonds. The van der Waals surface area contributed by atoms with Gasteiger partial charge in [0.15, 0.2) is 0 Å². The molecular formula is C12H20BrN3. The van der Waals surface area contributed by atoms with Crippen LogP contribution in [-0.2, 0) is 0 Å². The maximum atomic E-state index is 5.64. The van der Waals surface area contributed by atoms with Crippen molar-refractivity contribution in [2.45, 2.75) is 20.8 Å². The second kappa shape index (κ2) is 6.21. The van der Waals surface area contributed by atoms with Crippen LogP contribution in [0.4, 0.5) is 5.82 Å². The van der Waals surface area contributed by atoms with E-state index >= 15 is 0 Å². The van der Waals surface area contributed by atoms with Crippen molar-refractivity contribution in [2.75, 3.05) is 24.5 Å². The van der Waals surface area contributed by atoms with Crippen LogP contribution >= 0.6 is 15.9 Å². The van der Waals surface area contributed by atoms with Gasteiger partial charge in [0.2, 0.25) is 0 Å². The highest BCUT2D eigenvalue weighted by Gasteiger charge is 2.12. The second-order valence-electron chi connectivity index (χ2n) is 4.45. The summed E-state index contributed by atoms with van der Waals surface area (Å²) in [7, 11) is 0. The molecule has 90 valence electrons. The average molecular weight is 286 g/mol. The number of nitrogens with two attached hydrogens (primary N) is 1. The molecule has 0 saturated heterocycles. The summed E-state index contributed by atoms with van der Waals surface area (Å²) in [6.45, 7) is 8.90. The molecule has 1 aromatic heterocycles. The number of pyridine rings is 1. The first-order valence-electron chi connectivity index (χ1n) is 5.61. The molecule has 0 unspecified atom stereocenters. The third-order valence-corrected chi connectivity index (χ3v) is 2.83. The fourth-order valence-electron chi connectivity index (χ4n) is 1.64. The Morgan fingerprint density at radius 3 is 2.69 bits per heavy atom. The summed E-state index contributed by atoms with van der Waals surface area (Å²) < 4.78 is 1.04. The van der Waals surface area contributed by atoms with Gasteiger partial charge in [-0.3, -0.25) is 0 Å². The summed E-state index contributed by atoms with van der Waals surface area (Å²) in [5.41, 5.74) is 6.80. The monoisotopic (exact) mass is 285 g/mol. The molecule has 0 aliphatic heterocycles. The molecule has 2 N–H and O–H groups in total. The molecule has 0 bridgehead atoms. The summed E-state index contributed by atoms with van der Waals surface area (Å²) in [6, 6.07) is 2.09. The van der Waals surface area contributed by atoms with Crippen molar-refractivity contribution in [3.63, 3.8) is 0 Å². The molecule has 0 aliphatic rings. The lowest BCUT2D eigenvalue weighted by Crippen LogP contribution is -2.33. The zero-order chi connectivity index (χ0) is 12.1. The topological polar surface area (TPSA) is 42.2 Å². The summed E-state index contributed by atoms with van der Waals surface area (Å²) in [5, 5.41) is 0. The van der Waals surface area contributed by atoms with E-state index in [9.17, 15) is 0 Å². The van der Waals surface area contributed by atoms with Crippen LogP contribution in [0.3, 0.4) is 0 Å². The Morgan fingerprint density at radius 2 is 2.19 bits per heavy atom. The van der Waals surface area contributed by atoms with Crippen LogP contribution in [0.2, 0.25) is 0 Å². The van der Waals surface area contributed by atoms with E-state index in [4.69, 9.17) is 5.73 Å². The molecule has 4 heteroatoms. The van der Waals surface area contributed by atoms with Crippen molar-refractivity contribution < 1.29 is 0 Å². The van der Waals surface area contributed by atoms with Gasteiger partial charge in [0.1, 0.15) is 5.82 Å². The summed E-state index contributed by atoms with van der Waals surface area (Å²) >= 11 is 3.56. The smallest absolute Gasteiger partial charge is 0.142 e. The van der Waals surface area contributed by atoms with Gasteiger partial charge in [0, 0.05) is 25.8 Å². The minimum atomic E-state index is 0.599. The van der Waals surface area contributed by atoms with Gasteiger partial charge in [-0.1, -0.05) is 13.8 Å². The number of aromatic nitrogens is 1. The van der Waals surface area contributed by atoms with Crippen molar-refractivity contribution in [3.8, 4) is 0 Å². The van der Waals surface area contributed by atoms with Gasteiger partial charge >= 0.3 is 0 Å². The zero-order valence-corrected chi connectivity index (χ0v) is 11.8. The first-order valence-corrected chi connectivity index (χ1v) is 6.41. The SMILES string of the molecule is Cc1cnc(N(CCN)CC(C)C)c(Br)c1. The lowest BCUT2D eigenvalue weighted by molar-refractivity contribution is 0.606. The molecule has 0 saturated carbocycles. The normalized spacial score (nSPS) is 10.9. The van der Waals surface area contributed by atoms with E-state index in [1.165, 1.54) is 0 Å². The molecule has 0 aromatic carbocycles. The first kappa shape index (κ1) is 13.5. The van der Waals surface area contributed by atoms with Gasteiger partial charge in [-0.05, 0) is 40.4 Å². The molecule has 1 heterocycles. The minimum Gasteiger partial charge on any atom is -0.354 e. The van der Waals surface area contributed by atoms with E-state index in [1.54, 1.807) is 0 Å². The number of nitrogens with zero attached hydrogens (tertiary/aromatic N) is 2. The molecule has 1 rings (SSSR count). The van der Waals surface area contributed by atoms with Crippen LogP contribution in [0.5, 0.6) is 0 Å². The fourth-order valence-corrected chi connectivity index (χ4v) is 2.35. The van der Waals surface area contributed by atoms with Crippen molar-refractivity contribution >= 4 is 21.7 Å². The van der Waals surface area contributed by atoms with Crippen LogP contribution in [0.25, 0.3) is 0 Å². The highest BCUT2D eigenvalue weighted by molar-refractivity contribution is 9.10. The predicted octanol–water partition coefficient (Wildman–Crippen LogP) is 2.57. The van der Waals surface area contributed by atoms with Gasteiger partial charge in [0.25, 0.3) is 0 Å². The summed E-state index contributed by atoms with van der Waals surface area (Å²) in [4.78, 5) is 6.70. The Kier molecular flexibility index (Phi) is 5.22. The van der Waals surface area contributed by atoms with Crippen LogP contribution in [0.1, 0.15) is 19.4 Å². The lowest BCUT2D eigenvalue weighted by Gasteiger charge is -2.26. The fraction of sp³-hybridized carbons (Fsp3) is 0.583. The number of hydrogen-bond acceptors (Lipinski definition) is 3. The quantitative estimate of drug-likeness (QED) is 0.904. The molecule has 0 aliphatic carbocycles. The van der Waals surface area contributed by atoms with Gasteiger partial charge in [-0.25, -0.2) is 4.98 Å². The lowest BCUT2D eigenvalue weighted by atomic mass is 10.2. The second-order valence-corrected chi connectivity index (χ2v) is 5.30. The van der Waals surface area contributed by atoms with Crippen molar-refractivity contribution in [3.05, 3.63) is 22.3 Å². The van der Waals surface area contributed by atoms with Gasteiger partial charge in [0.05, 0.1) is 4.47 Å². The molecule has 0 radical (unpaired) electrons. The molecule has 1 aromatic rings. The van der Waals surface area contributed by atoms with Crippen LogP contribution in [0.15, 0.2) is 16.7 Å². The standard InChI is InChI=1S/C12H20BrN3/c1-9(2)8-16(5-4-14)12-11(13)6-10(3)7-15-12/h6-7,9H,4-5,8,14H2,1-3H3. The molecule has 0 spiro atoms. The summed E-state index contributed by atoms with van der Waals surface area (Å²) in [6.07, 6.45) is 1.89. The summed E-state index contributed by atoms with van der Waals surface area (Å²) in [5.74, 6) is 1.59. The van der Waals surface area contributed by atoms with E-state index in [0.29, 0.717) is 12.5 Å². The van der Waals surface area contributed by atoms with E-state index < -0.39 is 0 Å². The van der Waals surface area contributed by atoms with Gasteiger partial charge < -0.3 is 10.6 Å². The number of halogens is 1. The first-order chi connectivity index (χ1) is 7.54. The van der Waals surface area contributed by atoms with Crippen molar-refractivity contribution in [2.24, 2.45) is 11.7 Å². The number of anilines is 1. The number of rotatable bonds is 5. The van der Waals surface area contributed by atoms with E-state index in [-0.39, 0.29) is 0 Å². The van der Waals surface area contributed by atoms with Crippen LogP contribution in [0, 0.1) is 12.8 Å². The molecular weight excluding hydrogens is 266 g/mol. The Labute approximate surface area is 106 Å². The van der Waals surface area contributed by atoms with E-state index in [0.717, 1.165) is 28.9 Å². The maximum Gasteiger partial charge on any atom is 0.142 e.